The highest BCUT2D eigenvalue weighted by Gasteiger charge is 2.10. The van der Waals surface area contributed by atoms with Crippen LogP contribution >= 0.6 is 0 Å². The van der Waals surface area contributed by atoms with E-state index in [2.05, 4.69) is 30.4 Å². The van der Waals surface area contributed by atoms with Crippen LogP contribution in [-0.4, -0.2) is 13.7 Å². The molecule has 2 aromatic carbocycles. The highest BCUT2D eigenvalue weighted by molar-refractivity contribution is 5.35. The Morgan fingerprint density at radius 2 is 1.90 bits per heavy atom. The highest BCUT2D eigenvalue weighted by atomic mass is 16.5. The van der Waals surface area contributed by atoms with Crippen LogP contribution < -0.4 is 14.8 Å². The average molecular weight is 285 g/mol. The first kappa shape index (κ1) is 15.4. The highest BCUT2D eigenvalue weighted by Crippen LogP contribution is 2.24. The molecule has 2 aromatic rings. The zero-order chi connectivity index (χ0) is 15.1. The summed E-state index contributed by atoms with van der Waals surface area (Å²) in [7, 11) is 1.71. The lowest BCUT2D eigenvalue weighted by molar-refractivity contribution is 0.339. The van der Waals surface area contributed by atoms with Crippen molar-refractivity contribution in [2.45, 2.75) is 26.4 Å². The number of methoxy groups -OCH3 is 1. The van der Waals surface area contributed by atoms with E-state index in [0.717, 1.165) is 18.0 Å². The van der Waals surface area contributed by atoms with Crippen LogP contribution in [0.4, 0.5) is 0 Å². The van der Waals surface area contributed by atoms with Crippen LogP contribution in [0, 0.1) is 0 Å². The van der Waals surface area contributed by atoms with E-state index in [1.165, 1.54) is 11.1 Å². The van der Waals surface area contributed by atoms with Crippen LogP contribution in [0.2, 0.25) is 0 Å². The summed E-state index contributed by atoms with van der Waals surface area (Å²) in [5, 5.41) is 3.52. The topological polar surface area (TPSA) is 30.5 Å². The molecule has 0 amide bonds. The lowest BCUT2D eigenvalue weighted by atomic mass is 10.1. The van der Waals surface area contributed by atoms with Crippen LogP contribution in [-0.2, 0) is 6.54 Å². The van der Waals surface area contributed by atoms with E-state index in [0.29, 0.717) is 6.61 Å². The van der Waals surface area contributed by atoms with Gasteiger partial charge in [-0.2, -0.15) is 0 Å². The number of hydrogen-bond donors (Lipinski definition) is 1. The predicted octanol–water partition coefficient (Wildman–Crippen LogP) is 3.94. The van der Waals surface area contributed by atoms with E-state index in [-0.39, 0.29) is 6.04 Å². The van der Waals surface area contributed by atoms with Gasteiger partial charge in [-0.3, -0.25) is 0 Å². The molecule has 0 bridgehead atoms. The van der Waals surface area contributed by atoms with Crippen LogP contribution in [0.1, 0.15) is 31.0 Å². The Kier molecular flexibility index (Phi) is 5.64. The molecule has 0 saturated carbocycles. The summed E-state index contributed by atoms with van der Waals surface area (Å²) >= 11 is 0. The third-order valence-electron chi connectivity index (χ3n) is 3.43. The van der Waals surface area contributed by atoms with Crippen molar-refractivity contribution in [2.75, 3.05) is 13.7 Å². The van der Waals surface area contributed by atoms with E-state index in [1.54, 1.807) is 7.11 Å². The average Bonchev–Trinajstić information content (AvgIpc) is 2.53. The van der Waals surface area contributed by atoms with E-state index in [1.807, 2.05) is 37.3 Å². The molecular weight excluding hydrogens is 262 g/mol. The Labute approximate surface area is 126 Å². The maximum atomic E-state index is 5.53. The predicted molar refractivity (Wildman–Crippen MR) is 85.9 cm³/mol. The Morgan fingerprint density at radius 1 is 1.10 bits per heavy atom. The molecule has 3 heteroatoms. The molecule has 2 rings (SSSR count). The lowest BCUT2D eigenvalue weighted by Crippen LogP contribution is -2.18. The Bertz CT molecular complexity index is 569. The van der Waals surface area contributed by atoms with E-state index in [9.17, 15) is 0 Å². The zero-order valence-corrected chi connectivity index (χ0v) is 12.9. The minimum absolute atomic E-state index is 0.219. The van der Waals surface area contributed by atoms with E-state index >= 15 is 0 Å². The van der Waals surface area contributed by atoms with Crippen molar-refractivity contribution in [3.05, 3.63) is 59.7 Å². The summed E-state index contributed by atoms with van der Waals surface area (Å²) in [5.41, 5.74) is 2.38. The van der Waals surface area contributed by atoms with Gasteiger partial charge in [-0.1, -0.05) is 30.3 Å². The van der Waals surface area contributed by atoms with Gasteiger partial charge in [-0.15, -0.1) is 0 Å². The van der Waals surface area contributed by atoms with Gasteiger partial charge in [0, 0.05) is 18.2 Å². The summed E-state index contributed by atoms with van der Waals surface area (Å²) in [5.74, 6) is 1.84. The SMILES string of the molecule is CCOc1cccc(CN[C@H](C)c2ccccc2OC)c1. The Balaban J connectivity index is 2.00. The van der Waals surface area contributed by atoms with Gasteiger partial charge >= 0.3 is 0 Å². The van der Waals surface area contributed by atoms with Gasteiger partial charge in [0.05, 0.1) is 13.7 Å². The standard InChI is InChI=1S/C18H23NO2/c1-4-21-16-9-7-8-15(12-16)13-19-14(2)17-10-5-6-11-18(17)20-3/h5-12,14,19H,4,13H2,1-3H3/t14-/m1/s1. The van der Waals surface area contributed by atoms with Gasteiger partial charge in [0.1, 0.15) is 11.5 Å². The molecule has 0 aliphatic rings. The summed E-state index contributed by atoms with van der Waals surface area (Å²) in [6, 6.07) is 16.5. The number of hydrogen-bond acceptors (Lipinski definition) is 3. The molecule has 3 nitrogen and oxygen atoms in total. The number of ether oxygens (including phenoxy) is 2. The van der Waals surface area contributed by atoms with Crippen LogP contribution in [0.25, 0.3) is 0 Å². The number of para-hydroxylation sites is 1. The molecule has 1 atom stereocenters. The monoisotopic (exact) mass is 285 g/mol. The molecule has 0 fully saturated rings. The molecule has 0 saturated heterocycles. The normalized spacial score (nSPS) is 12.0. The van der Waals surface area contributed by atoms with Crippen molar-refractivity contribution >= 4 is 0 Å². The second kappa shape index (κ2) is 7.70. The third kappa shape index (κ3) is 4.23. The number of rotatable bonds is 7. The molecule has 1 N–H and O–H groups in total. The maximum Gasteiger partial charge on any atom is 0.123 e. The van der Waals surface area contributed by atoms with Gasteiger partial charge in [0.25, 0.3) is 0 Å². The second-order valence-electron chi connectivity index (χ2n) is 4.92. The summed E-state index contributed by atoms with van der Waals surface area (Å²) < 4.78 is 10.9. The molecule has 0 aliphatic heterocycles. The fourth-order valence-electron chi connectivity index (χ4n) is 2.32. The molecule has 21 heavy (non-hydrogen) atoms. The maximum absolute atomic E-state index is 5.53. The number of nitrogens with one attached hydrogen (secondary N) is 1. The quantitative estimate of drug-likeness (QED) is 0.835. The molecule has 0 aliphatic carbocycles. The molecule has 0 unspecified atom stereocenters. The van der Waals surface area contributed by atoms with Gasteiger partial charge < -0.3 is 14.8 Å². The van der Waals surface area contributed by atoms with E-state index in [4.69, 9.17) is 9.47 Å². The van der Waals surface area contributed by atoms with Crippen LogP contribution in [0.3, 0.4) is 0 Å². The lowest BCUT2D eigenvalue weighted by Gasteiger charge is -2.17. The Hall–Kier alpha value is -2.00. The van der Waals surface area contributed by atoms with Crippen molar-refractivity contribution in [3.8, 4) is 11.5 Å². The minimum Gasteiger partial charge on any atom is -0.496 e. The van der Waals surface area contributed by atoms with Gasteiger partial charge in [-0.25, -0.2) is 0 Å². The molecule has 0 heterocycles. The third-order valence-corrected chi connectivity index (χ3v) is 3.43. The van der Waals surface area contributed by atoms with Gasteiger partial charge in [-0.05, 0) is 37.6 Å². The van der Waals surface area contributed by atoms with Crippen molar-refractivity contribution in [1.29, 1.82) is 0 Å². The minimum atomic E-state index is 0.219. The molecule has 0 radical (unpaired) electrons. The smallest absolute Gasteiger partial charge is 0.123 e. The first-order valence-electron chi connectivity index (χ1n) is 7.32. The molecule has 0 aromatic heterocycles. The first-order valence-corrected chi connectivity index (χ1v) is 7.32. The van der Waals surface area contributed by atoms with Crippen molar-refractivity contribution in [2.24, 2.45) is 0 Å². The van der Waals surface area contributed by atoms with Gasteiger partial charge in [0.15, 0.2) is 0 Å². The molecule has 112 valence electrons. The largest absolute Gasteiger partial charge is 0.496 e. The molecule has 0 spiro atoms. The van der Waals surface area contributed by atoms with Crippen molar-refractivity contribution < 1.29 is 9.47 Å². The van der Waals surface area contributed by atoms with Crippen molar-refractivity contribution in [1.82, 2.24) is 5.32 Å². The summed E-state index contributed by atoms with van der Waals surface area (Å²) in [6.07, 6.45) is 0. The summed E-state index contributed by atoms with van der Waals surface area (Å²) in [4.78, 5) is 0. The second-order valence-corrected chi connectivity index (χ2v) is 4.92. The van der Waals surface area contributed by atoms with Gasteiger partial charge in [0.2, 0.25) is 0 Å². The van der Waals surface area contributed by atoms with E-state index < -0.39 is 0 Å². The zero-order valence-electron chi connectivity index (χ0n) is 12.9. The summed E-state index contributed by atoms with van der Waals surface area (Å²) in [6.45, 7) is 5.62. The number of benzene rings is 2. The fourth-order valence-corrected chi connectivity index (χ4v) is 2.32. The van der Waals surface area contributed by atoms with Crippen LogP contribution in [0.5, 0.6) is 11.5 Å². The van der Waals surface area contributed by atoms with Crippen molar-refractivity contribution in [3.63, 3.8) is 0 Å². The molecular formula is C18H23NO2. The Morgan fingerprint density at radius 3 is 2.67 bits per heavy atom. The van der Waals surface area contributed by atoms with Crippen LogP contribution in [0.15, 0.2) is 48.5 Å². The first-order chi connectivity index (χ1) is 10.2. The fraction of sp³-hybridized carbons (Fsp3) is 0.333.